The number of carbonyl (C=O) groups is 2. The van der Waals surface area contributed by atoms with E-state index in [2.05, 4.69) is 0 Å². The second kappa shape index (κ2) is 4.25. The molecule has 4 heteroatoms. The smallest absolute Gasteiger partial charge is 0.321 e. The minimum Gasteiger partial charge on any atom is -0.321 e. The molecule has 0 aromatic heterocycles. The number of urea groups is 1. The number of amides is 3. The second-order valence-electron chi connectivity index (χ2n) is 6.15. The number of nitrogens with zero attached hydrogens (tertiary/aromatic N) is 2. The van der Waals surface area contributed by atoms with Crippen molar-refractivity contribution >= 4 is 11.9 Å². The molecule has 0 aromatic rings. The molecule has 0 atom stereocenters. The quantitative estimate of drug-likeness (QED) is 0.717. The van der Waals surface area contributed by atoms with E-state index in [-0.39, 0.29) is 23.5 Å². The molecule has 0 aromatic carbocycles. The summed E-state index contributed by atoms with van der Waals surface area (Å²) >= 11 is 0. The van der Waals surface area contributed by atoms with Gasteiger partial charge in [-0.3, -0.25) is 9.69 Å². The van der Waals surface area contributed by atoms with Crippen LogP contribution in [0, 0.1) is 0 Å². The lowest BCUT2D eigenvalue weighted by atomic mass is 9.76. The Morgan fingerprint density at radius 1 is 1.06 bits per heavy atom. The third-order valence-corrected chi connectivity index (χ3v) is 5.18. The van der Waals surface area contributed by atoms with E-state index in [1.54, 1.807) is 4.90 Å². The Kier molecular flexibility index (Phi) is 2.83. The summed E-state index contributed by atoms with van der Waals surface area (Å²) in [6.45, 7) is 0. The normalized spacial score (nSPS) is 28.7. The summed E-state index contributed by atoms with van der Waals surface area (Å²) in [6.07, 6.45) is 9.23. The predicted octanol–water partition coefficient (Wildman–Crippen LogP) is 2.53. The van der Waals surface area contributed by atoms with E-state index in [1.165, 1.54) is 6.42 Å². The number of rotatable bonds is 1. The molecule has 2 saturated carbocycles. The molecule has 0 N–H and O–H groups in total. The van der Waals surface area contributed by atoms with E-state index in [4.69, 9.17) is 0 Å². The van der Waals surface area contributed by atoms with Crippen molar-refractivity contribution in [2.24, 2.45) is 0 Å². The van der Waals surface area contributed by atoms with E-state index in [9.17, 15) is 9.59 Å². The molecule has 0 radical (unpaired) electrons. The Balaban J connectivity index is 1.82. The Morgan fingerprint density at radius 3 is 2.28 bits per heavy atom. The van der Waals surface area contributed by atoms with Crippen molar-refractivity contribution in [3.05, 3.63) is 0 Å². The summed E-state index contributed by atoms with van der Waals surface area (Å²) in [5.41, 5.74) is -0.160. The molecule has 3 amide bonds. The van der Waals surface area contributed by atoms with E-state index < -0.39 is 0 Å². The maximum atomic E-state index is 12.5. The highest BCUT2D eigenvalue weighted by molar-refractivity contribution is 5.98. The molecule has 3 aliphatic rings. The fraction of sp³-hybridized carbons (Fsp3) is 0.857. The van der Waals surface area contributed by atoms with Crippen LogP contribution in [0.4, 0.5) is 4.79 Å². The van der Waals surface area contributed by atoms with Gasteiger partial charge in [0.15, 0.2) is 0 Å². The predicted molar refractivity (Wildman–Crippen MR) is 68.1 cm³/mol. The third-order valence-electron chi connectivity index (χ3n) is 5.18. The molecule has 1 heterocycles. The fourth-order valence-corrected chi connectivity index (χ4v) is 3.68. The van der Waals surface area contributed by atoms with Crippen LogP contribution >= 0.6 is 0 Å². The Bertz CT molecular complexity index is 370. The first-order chi connectivity index (χ1) is 8.64. The Labute approximate surface area is 108 Å². The van der Waals surface area contributed by atoms with Crippen LogP contribution in [0.1, 0.15) is 57.8 Å². The van der Waals surface area contributed by atoms with Crippen molar-refractivity contribution in [3.63, 3.8) is 0 Å². The largest absolute Gasteiger partial charge is 0.327 e. The van der Waals surface area contributed by atoms with Crippen LogP contribution in [0.2, 0.25) is 0 Å². The van der Waals surface area contributed by atoms with Crippen molar-refractivity contribution in [3.8, 4) is 0 Å². The lowest BCUT2D eigenvalue weighted by Gasteiger charge is -2.52. The highest BCUT2D eigenvalue weighted by atomic mass is 16.2. The molecule has 18 heavy (non-hydrogen) atoms. The lowest BCUT2D eigenvalue weighted by Crippen LogP contribution is -2.65. The van der Waals surface area contributed by atoms with Gasteiger partial charge in [0.1, 0.15) is 0 Å². The van der Waals surface area contributed by atoms with E-state index in [0.29, 0.717) is 6.42 Å². The third kappa shape index (κ3) is 1.65. The summed E-state index contributed by atoms with van der Waals surface area (Å²) in [6, 6.07) is 0.145. The molecule has 0 bridgehead atoms. The molecule has 3 fully saturated rings. The average Bonchev–Trinajstić information content (AvgIpc) is 2.31. The van der Waals surface area contributed by atoms with Crippen molar-refractivity contribution in [2.75, 3.05) is 7.05 Å². The van der Waals surface area contributed by atoms with Gasteiger partial charge in [0.05, 0.1) is 12.0 Å². The summed E-state index contributed by atoms with van der Waals surface area (Å²) in [5.74, 6) is 0.0738. The molecule has 1 spiro atoms. The van der Waals surface area contributed by atoms with Crippen LogP contribution < -0.4 is 0 Å². The molecule has 1 saturated heterocycles. The first kappa shape index (κ1) is 12.0. The molecular formula is C14H22N2O2. The van der Waals surface area contributed by atoms with Gasteiger partial charge in [0, 0.05) is 13.1 Å². The van der Waals surface area contributed by atoms with Gasteiger partial charge in [-0.2, -0.15) is 0 Å². The maximum absolute atomic E-state index is 12.5. The Morgan fingerprint density at radius 2 is 1.72 bits per heavy atom. The van der Waals surface area contributed by atoms with E-state index in [1.807, 2.05) is 11.9 Å². The van der Waals surface area contributed by atoms with Crippen LogP contribution in [0.5, 0.6) is 0 Å². The van der Waals surface area contributed by atoms with Crippen LogP contribution in [0.25, 0.3) is 0 Å². The van der Waals surface area contributed by atoms with Gasteiger partial charge < -0.3 is 4.90 Å². The fourth-order valence-electron chi connectivity index (χ4n) is 3.68. The van der Waals surface area contributed by atoms with Crippen molar-refractivity contribution < 1.29 is 9.59 Å². The van der Waals surface area contributed by atoms with Crippen LogP contribution in [0.15, 0.2) is 0 Å². The monoisotopic (exact) mass is 250 g/mol. The SMILES string of the molecule is CN1C(=O)N(C2CCC2)C(=O)CC12CCCCC2. The highest BCUT2D eigenvalue weighted by Crippen LogP contribution is 2.41. The summed E-state index contributed by atoms with van der Waals surface area (Å²) in [7, 11) is 1.89. The van der Waals surface area contributed by atoms with Gasteiger partial charge in [-0.25, -0.2) is 4.79 Å². The summed E-state index contributed by atoms with van der Waals surface area (Å²) < 4.78 is 0. The molecular weight excluding hydrogens is 228 g/mol. The van der Waals surface area contributed by atoms with Crippen molar-refractivity contribution in [2.45, 2.75) is 69.4 Å². The van der Waals surface area contributed by atoms with Crippen molar-refractivity contribution in [1.82, 2.24) is 9.80 Å². The number of hydrogen-bond acceptors (Lipinski definition) is 2. The van der Waals surface area contributed by atoms with Crippen LogP contribution in [-0.4, -0.2) is 40.4 Å². The van der Waals surface area contributed by atoms with Gasteiger partial charge in [-0.1, -0.05) is 19.3 Å². The summed E-state index contributed by atoms with van der Waals surface area (Å²) in [5, 5.41) is 0. The molecule has 2 aliphatic carbocycles. The van der Waals surface area contributed by atoms with Gasteiger partial charge >= 0.3 is 6.03 Å². The van der Waals surface area contributed by atoms with Gasteiger partial charge in [-0.05, 0) is 32.1 Å². The molecule has 0 unspecified atom stereocenters. The molecule has 1 aliphatic heterocycles. The van der Waals surface area contributed by atoms with E-state index >= 15 is 0 Å². The maximum Gasteiger partial charge on any atom is 0.327 e. The average molecular weight is 250 g/mol. The molecule has 3 rings (SSSR count). The minimum atomic E-state index is -0.160. The van der Waals surface area contributed by atoms with Gasteiger partial charge in [-0.15, -0.1) is 0 Å². The summed E-state index contributed by atoms with van der Waals surface area (Å²) in [4.78, 5) is 28.2. The van der Waals surface area contributed by atoms with Crippen molar-refractivity contribution in [1.29, 1.82) is 0 Å². The number of imide groups is 1. The zero-order chi connectivity index (χ0) is 12.8. The number of hydrogen-bond donors (Lipinski definition) is 0. The van der Waals surface area contributed by atoms with Gasteiger partial charge in [0.2, 0.25) is 5.91 Å². The zero-order valence-corrected chi connectivity index (χ0v) is 11.2. The first-order valence-corrected chi connectivity index (χ1v) is 7.24. The Hall–Kier alpha value is -1.06. The molecule has 100 valence electrons. The lowest BCUT2D eigenvalue weighted by molar-refractivity contribution is -0.140. The minimum absolute atomic E-state index is 0.0437. The topological polar surface area (TPSA) is 40.6 Å². The number of carbonyl (C=O) groups excluding carboxylic acids is 2. The zero-order valence-electron chi connectivity index (χ0n) is 11.2. The highest BCUT2D eigenvalue weighted by Gasteiger charge is 2.50. The second-order valence-corrected chi connectivity index (χ2v) is 6.15. The van der Waals surface area contributed by atoms with Crippen LogP contribution in [-0.2, 0) is 4.79 Å². The van der Waals surface area contributed by atoms with Gasteiger partial charge in [0.25, 0.3) is 0 Å². The molecule has 4 nitrogen and oxygen atoms in total. The standard InChI is InChI=1S/C14H22N2O2/c1-15-13(18)16(11-6-5-7-11)12(17)10-14(15)8-3-2-4-9-14/h11H,2-10H2,1H3. The first-order valence-electron chi connectivity index (χ1n) is 7.24. The van der Waals surface area contributed by atoms with Crippen LogP contribution in [0.3, 0.4) is 0 Å². The van der Waals surface area contributed by atoms with E-state index in [0.717, 1.165) is 44.9 Å².